The van der Waals surface area contributed by atoms with Crippen LogP contribution in [-0.4, -0.2) is 10.2 Å². The van der Waals surface area contributed by atoms with Gasteiger partial charge in [-0.2, -0.15) is 0 Å². The van der Waals surface area contributed by atoms with Crippen LogP contribution < -0.4 is 0 Å². The van der Waals surface area contributed by atoms with Crippen molar-refractivity contribution < 1.29 is 4.42 Å². The number of benzene rings is 2. The topological polar surface area (TPSA) is 38.9 Å². The zero-order valence-corrected chi connectivity index (χ0v) is 13.3. The summed E-state index contributed by atoms with van der Waals surface area (Å²) in [4.78, 5) is 0. The predicted molar refractivity (Wildman–Crippen MR) is 89.9 cm³/mol. The number of aromatic nitrogens is 2. The Bertz CT molecular complexity index is 840. The van der Waals surface area contributed by atoms with Gasteiger partial charge in [-0.15, -0.1) is 10.2 Å². The molecule has 3 aromatic rings. The Balaban J connectivity index is 1.85. The SMILES string of the molecule is Cc1ccccc1-c1nnc(/C=C/c2ccc(Cl)cc2Cl)o1. The van der Waals surface area contributed by atoms with E-state index in [2.05, 4.69) is 10.2 Å². The molecule has 0 bridgehead atoms. The van der Waals surface area contributed by atoms with Crippen molar-refractivity contribution in [3.8, 4) is 11.5 Å². The van der Waals surface area contributed by atoms with Crippen LogP contribution in [-0.2, 0) is 0 Å². The third-order valence-corrected chi connectivity index (χ3v) is 3.75. The van der Waals surface area contributed by atoms with Gasteiger partial charge in [0.15, 0.2) is 0 Å². The second kappa shape index (κ2) is 6.34. The molecule has 0 radical (unpaired) electrons. The maximum atomic E-state index is 6.12. The van der Waals surface area contributed by atoms with Crippen molar-refractivity contribution >= 4 is 35.4 Å². The van der Waals surface area contributed by atoms with Gasteiger partial charge in [0.25, 0.3) is 0 Å². The first kappa shape index (κ1) is 14.8. The molecule has 0 spiro atoms. The van der Waals surface area contributed by atoms with Crippen LogP contribution in [0.15, 0.2) is 46.9 Å². The molecule has 0 amide bonds. The molecule has 0 saturated heterocycles. The summed E-state index contributed by atoms with van der Waals surface area (Å²) < 4.78 is 5.66. The number of nitrogens with zero attached hydrogens (tertiary/aromatic N) is 2. The molecule has 0 saturated carbocycles. The van der Waals surface area contributed by atoms with Crippen LogP contribution in [0.5, 0.6) is 0 Å². The Labute approximate surface area is 138 Å². The summed E-state index contributed by atoms with van der Waals surface area (Å²) in [5.74, 6) is 0.921. The molecular weight excluding hydrogens is 319 g/mol. The van der Waals surface area contributed by atoms with Gasteiger partial charge in [-0.05, 0) is 42.3 Å². The smallest absolute Gasteiger partial charge is 0.248 e. The van der Waals surface area contributed by atoms with Crippen molar-refractivity contribution in [3.05, 3.63) is 69.5 Å². The molecule has 0 aliphatic carbocycles. The molecule has 0 aliphatic heterocycles. The molecule has 0 atom stereocenters. The molecule has 0 unspecified atom stereocenters. The van der Waals surface area contributed by atoms with E-state index >= 15 is 0 Å². The summed E-state index contributed by atoms with van der Waals surface area (Å²) in [6.45, 7) is 2.00. The van der Waals surface area contributed by atoms with Crippen molar-refractivity contribution in [2.24, 2.45) is 0 Å². The monoisotopic (exact) mass is 330 g/mol. The highest BCUT2D eigenvalue weighted by Crippen LogP contribution is 2.24. The molecule has 3 nitrogen and oxygen atoms in total. The van der Waals surface area contributed by atoms with Crippen LogP contribution in [0.3, 0.4) is 0 Å². The first-order chi connectivity index (χ1) is 10.6. The summed E-state index contributed by atoms with van der Waals surface area (Å²) >= 11 is 12.0. The summed E-state index contributed by atoms with van der Waals surface area (Å²) in [5, 5.41) is 9.27. The van der Waals surface area contributed by atoms with E-state index in [-0.39, 0.29) is 0 Å². The number of halogens is 2. The van der Waals surface area contributed by atoms with E-state index in [4.69, 9.17) is 27.6 Å². The summed E-state index contributed by atoms with van der Waals surface area (Å²) in [6, 6.07) is 13.2. The van der Waals surface area contributed by atoms with Crippen molar-refractivity contribution in [2.75, 3.05) is 0 Å². The fourth-order valence-electron chi connectivity index (χ4n) is 2.02. The average molecular weight is 331 g/mol. The molecule has 3 rings (SSSR count). The molecule has 0 N–H and O–H groups in total. The van der Waals surface area contributed by atoms with Gasteiger partial charge in [0.05, 0.1) is 0 Å². The van der Waals surface area contributed by atoms with Crippen LogP contribution in [0.25, 0.3) is 23.6 Å². The van der Waals surface area contributed by atoms with Gasteiger partial charge in [-0.25, -0.2) is 0 Å². The number of hydrogen-bond acceptors (Lipinski definition) is 3. The van der Waals surface area contributed by atoms with E-state index in [0.29, 0.717) is 21.8 Å². The van der Waals surface area contributed by atoms with Crippen molar-refractivity contribution in [1.29, 1.82) is 0 Å². The highest BCUT2D eigenvalue weighted by atomic mass is 35.5. The van der Waals surface area contributed by atoms with Crippen LogP contribution >= 0.6 is 23.2 Å². The second-order valence-electron chi connectivity index (χ2n) is 4.76. The first-order valence-corrected chi connectivity index (χ1v) is 7.42. The molecule has 1 heterocycles. The highest BCUT2D eigenvalue weighted by Gasteiger charge is 2.08. The minimum Gasteiger partial charge on any atom is -0.417 e. The van der Waals surface area contributed by atoms with E-state index in [1.54, 1.807) is 18.2 Å². The van der Waals surface area contributed by atoms with E-state index in [1.807, 2.05) is 43.3 Å². The second-order valence-corrected chi connectivity index (χ2v) is 5.60. The quantitative estimate of drug-likeness (QED) is 0.634. The lowest BCUT2D eigenvalue weighted by Crippen LogP contribution is -1.81. The molecule has 110 valence electrons. The minimum atomic E-state index is 0.421. The number of hydrogen-bond donors (Lipinski definition) is 0. The summed E-state index contributed by atoms with van der Waals surface area (Å²) in [7, 11) is 0. The lowest BCUT2D eigenvalue weighted by Gasteiger charge is -1.98. The van der Waals surface area contributed by atoms with Crippen molar-refractivity contribution in [1.82, 2.24) is 10.2 Å². The highest BCUT2D eigenvalue weighted by molar-refractivity contribution is 6.35. The van der Waals surface area contributed by atoms with Crippen molar-refractivity contribution in [2.45, 2.75) is 6.92 Å². The number of aryl methyl sites for hydroxylation is 1. The number of rotatable bonds is 3. The van der Waals surface area contributed by atoms with Crippen LogP contribution in [0.2, 0.25) is 10.0 Å². The fraction of sp³-hybridized carbons (Fsp3) is 0.0588. The first-order valence-electron chi connectivity index (χ1n) is 6.66. The normalized spacial score (nSPS) is 11.2. The van der Waals surface area contributed by atoms with Gasteiger partial charge in [0.1, 0.15) is 0 Å². The molecule has 0 aliphatic rings. The Morgan fingerprint density at radius 3 is 2.59 bits per heavy atom. The van der Waals surface area contributed by atoms with Crippen molar-refractivity contribution in [3.63, 3.8) is 0 Å². The van der Waals surface area contributed by atoms with Crippen LogP contribution in [0.4, 0.5) is 0 Å². The lowest BCUT2D eigenvalue weighted by molar-refractivity contribution is 0.557. The molecule has 5 heteroatoms. The van der Waals surface area contributed by atoms with Gasteiger partial charge in [0, 0.05) is 21.7 Å². The Kier molecular flexibility index (Phi) is 4.27. The molecule has 0 fully saturated rings. The van der Waals surface area contributed by atoms with Crippen LogP contribution in [0.1, 0.15) is 17.0 Å². The van der Waals surface area contributed by atoms with Gasteiger partial charge in [-0.1, -0.05) is 47.5 Å². The van der Waals surface area contributed by atoms with E-state index < -0.39 is 0 Å². The lowest BCUT2D eigenvalue weighted by atomic mass is 10.1. The van der Waals surface area contributed by atoms with E-state index in [9.17, 15) is 0 Å². The Morgan fingerprint density at radius 1 is 1.00 bits per heavy atom. The maximum absolute atomic E-state index is 6.12. The Morgan fingerprint density at radius 2 is 1.82 bits per heavy atom. The Hall–Kier alpha value is -2.10. The zero-order chi connectivity index (χ0) is 15.5. The minimum absolute atomic E-state index is 0.421. The van der Waals surface area contributed by atoms with Gasteiger partial charge in [-0.3, -0.25) is 0 Å². The fourth-order valence-corrected chi connectivity index (χ4v) is 2.49. The summed E-state index contributed by atoms with van der Waals surface area (Å²) in [5.41, 5.74) is 2.85. The predicted octanol–water partition coefficient (Wildman–Crippen LogP) is 5.52. The molecule has 1 aromatic heterocycles. The molecular formula is C17H12Cl2N2O. The van der Waals surface area contributed by atoms with Gasteiger partial charge >= 0.3 is 0 Å². The van der Waals surface area contributed by atoms with Gasteiger partial charge in [0.2, 0.25) is 11.8 Å². The maximum Gasteiger partial charge on any atom is 0.248 e. The van der Waals surface area contributed by atoms with Gasteiger partial charge < -0.3 is 4.42 Å². The standard InChI is InChI=1S/C17H12Cl2N2O/c1-11-4-2-3-5-14(11)17-21-20-16(22-17)9-7-12-6-8-13(18)10-15(12)19/h2-10H,1H3/b9-7+. The molecule has 2 aromatic carbocycles. The zero-order valence-electron chi connectivity index (χ0n) is 11.8. The molecule has 22 heavy (non-hydrogen) atoms. The third-order valence-electron chi connectivity index (χ3n) is 3.18. The average Bonchev–Trinajstić information content (AvgIpc) is 2.95. The van der Waals surface area contributed by atoms with E-state index in [1.165, 1.54) is 0 Å². The van der Waals surface area contributed by atoms with Crippen LogP contribution in [0, 0.1) is 6.92 Å². The largest absolute Gasteiger partial charge is 0.417 e. The summed E-state index contributed by atoms with van der Waals surface area (Å²) in [6.07, 6.45) is 3.54. The van der Waals surface area contributed by atoms with E-state index in [0.717, 1.165) is 16.7 Å². The third kappa shape index (κ3) is 3.21.